The first-order valence-corrected chi connectivity index (χ1v) is 6.22. The molecule has 0 fully saturated rings. The van der Waals surface area contributed by atoms with Crippen LogP contribution in [0.2, 0.25) is 0 Å². The van der Waals surface area contributed by atoms with Crippen molar-refractivity contribution in [3.05, 3.63) is 18.2 Å². The van der Waals surface area contributed by atoms with Crippen LogP contribution in [0.4, 0.5) is 0 Å². The molecule has 0 saturated carbocycles. The van der Waals surface area contributed by atoms with E-state index in [2.05, 4.69) is 55.7 Å². The second-order valence-corrected chi connectivity index (χ2v) is 5.15. The van der Waals surface area contributed by atoms with Crippen LogP contribution in [0.25, 0.3) is 0 Å². The van der Waals surface area contributed by atoms with Gasteiger partial charge in [0.1, 0.15) is 5.82 Å². The third-order valence-electron chi connectivity index (χ3n) is 3.14. The van der Waals surface area contributed by atoms with E-state index in [-0.39, 0.29) is 0 Å². The van der Waals surface area contributed by atoms with Crippen molar-refractivity contribution in [3.8, 4) is 0 Å². The molecule has 2 unspecified atom stereocenters. The molecule has 0 bridgehead atoms. The second-order valence-electron chi connectivity index (χ2n) is 5.15. The maximum atomic E-state index is 4.27. The van der Waals surface area contributed by atoms with E-state index < -0.39 is 0 Å². The number of aromatic nitrogens is 2. The maximum Gasteiger partial charge on any atom is 0.105 e. The van der Waals surface area contributed by atoms with E-state index in [0.717, 1.165) is 24.8 Å². The predicted octanol–water partition coefficient (Wildman–Crippen LogP) is 2.63. The number of aryl methyl sites for hydroxylation is 1. The fraction of sp³-hybridized carbons (Fsp3) is 0.769. The van der Waals surface area contributed by atoms with Crippen molar-refractivity contribution in [2.45, 2.75) is 40.7 Å². The summed E-state index contributed by atoms with van der Waals surface area (Å²) in [5, 5.41) is 3.51. The van der Waals surface area contributed by atoms with Crippen LogP contribution in [-0.4, -0.2) is 22.6 Å². The summed E-state index contributed by atoms with van der Waals surface area (Å²) in [6, 6.07) is 0.502. The lowest BCUT2D eigenvalue weighted by Gasteiger charge is -2.23. The fourth-order valence-electron chi connectivity index (χ4n) is 1.86. The summed E-state index contributed by atoms with van der Waals surface area (Å²) in [6.45, 7) is 13.2. The zero-order chi connectivity index (χ0) is 12.1. The highest BCUT2D eigenvalue weighted by Crippen LogP contribution is 2.18. The molecule has 92 valence electrons. The average molecular weight is 223 g/mol. The highest BCUT2D eigenvalue weighted by molar-refractivity contribution is 4.92. The number of hydrogen-bond donors (Lipinski definition) is 1. The molecular weight excluding hydrogens is 198 g/mol. The molecule has 2 atom stereocenters. The Kier molecular flexibility index (Phi) is 5.00. The van der Waals surface area contributed by atoms with Gasteiger partial charge in [0.05, 0.1) is 0 Å². The molecule has 0 aromatic carbocycles. The van der Waals surface area contributed by atoms with E-state index >= 15 is 0 Å². The Morgan fingerprint density at radius 1 is 1.25 bits per heavy atom. The number of nitrogens with one attached hydrogen (secondary N) is 1. The second kappa shape index (κ2) is 6.04. The molecule has 1 aromatic heterocycles. The van der Waals surface area contributed by atoms with Crippen molar-refractivity contribution in [3.63, 3.8) is 0 Å². The van der Waals surface area contributed by atoms with Crippen LogP contribution in [0.5, 0.6) is 0 Å². The topological polar surface area (TPSA) is 29.9 Å². The molecule has 0 aliphatic carbocycles. The van der Waals surface area contributed by atoms with Crippen molar-refractivity contribution in [1.82, 2.24) is 14.9 Å². The van der Waals surface area contributed by atoms with Crippen LogP contribution >= 0.6 is 0 Å². The highest BCUT2D eigenvalue weighted by atomic mass is 15.1. The van der Waals surface area contributed by atoms with Crippen LogP contribution in [0.1, 0.15) is 39.6 Å². The van der Waals surface area contributed by atoms with Crippen LogP contribution in [0.15, 0.2) is 12.4 Å². The largest absolute Gasteiger partial charge is 0.332 e. The molecule has 0 saturated heterocycles. The van der Waals surface area contributed by atoms with E-state index in [1.165, 1.54) is 0 Å². The molecule has 0 aliphatic heterocycles. The number of imidazole rings is 1. The molecule has 3 heteroatoms. The highest BCUT2D eigenvalue weighted by Gasteiger charge is 2.14. The van der Waals surface area contributed by atoms with Crippen molar-refractivity contribution >= 4 is 0 Å². The average Bonchev–Trinajstić information content (AvgIpc) is 2.62. The Labute approximate surface area is 99.3 Å². The van der Waals surface area contributed by atoms with E-state index in [9.17, 15) is 0 Å². The Hall–Kier alpha value is -0.830. The van der Waals surface area contributed by atoms with Crippen LogP contribution < -0.4 is 5.32 Å². The molecule has 0 amide bonds. The molecule has 3 nitrogen and oxygen atoms in total. The van der Waals surface area contributed by atoms with E-state index in [1.807, 2.05) is 6.20 Å². The Morgan fingerprint density at radius 3 is 2.44 bits per heavy atom. The summed E-state index contributed by atoms with van der Waals surface area (Å²) in [5.74, 6) is 2.44. The maximum absolute atomic E-state index is 4.27. The first kappa shape index (κ1) is 13.2. The third-order valence-corrected chi connectivity index (χ3v) is 3.14. The van der Waals surface area contributed by atoms with Gasteiger partial charge in [0.25, 0.3) is 0 Å². The first-order valence-electron chi connectivity index (χ1n) is 6.22. The first-order chi connectivity index (χ1) is 7.52. The molecule has 16 heavy (non-hydrogen) atoms. The zero-order valence-corrected chi connectivity index (χ0v) is 11.2. The quantitative estimate of drug-likeness (QED) is 0.803. The lowest BCUT2D eigenvalue weighted by molar-refractivity contribution is 0.350. The van der Waals surface area contributed by atoms with Gasteiger partial charge in [-0.05, 0) is 38.8 Å². The van der Waals surface area contributed by atoms with E-state index in [4.69, 9.17) is 0 Å². The van der Waals surface area contributed by atoms with Gasteiger partial charge in [-0.25, -0.2) is 4.98 Å². The fourth-order valence-corrected chi connectivity index (χ4v) is 1.86. The van der Waals surface area contributed by atoms with Crippen molar-refractivity contribution in [2.24, 2.45) is 11.8 Å². The molecule has 1 rings (SSSR count). The number of rotatable bonds is 6. The van der Waals surface area contributed by atoms with E-state index in [0.29, 0.717) is 12.0 Å². The monoisotopic (exact) mass is 223 g/mol. The normalized spacial score (nSPS) is 15.4. The van der Waals surface area contributed by atoms with Crippen molar-refractivity contribution in [2.75, 3.05) is 13.1 Å². The van der Waals surface area contributed by atoms with Gasteiger partial charge in [-0.1, -0.05) is 20.8 Å². The summed E-state index contributed by atoms with van der Waals surface area (Å²) in [6.07, 6.45) is 3.94. The predicted molar refractivity (Wildman–Crippen MR) is 68.5 cm³/mol. The van der Waals surface area contributed by atoms with Crippen LogP contribution in [0, 0.1) is 18.8 Å². The Morgan fingerprint density at radius 2 is 1.94 bits per heavy atom. The Bertz CT molecular complexity index is 304. The van der Waals surface area contributed by atoms with Crippen molar-refractivity contribution < 1.29 is 0 Å². The molecule has 1 heterocycles. The minimum atomic E-state index is 0.502. The Balaban J connectivity index is 2.42. The lowest BCUT2D eigenvalue weighted by Crippen LogP contribution is -2.29. The van der Waals surface area contributed by atoms with Gasteiger partial charge in [-0.2, -0.15) is 0 Å². The molecule has 0 radical (unpaired) electrons. The zero-order valence-electron chi connectivity index (χ0n) is 11.2. The third kappa shape index (κ3) is 3.63. The van der Waals surface area contributed by atoms with Gasteiger partial charge < -0.3 is 9.88 Å². The number of nitrogens with zero attached hydrogens (tertiary/aromatic N) is 2. The van der Waals surface area contributed by atoms with Gasteiger partial charge in [0.15, 0.2) is 0 Å². The SMILES string of the molecule is Cc1nccn1C(C)C(C)CNCC(C)C. The van der Waals surface area contributed by atoms with Gasteiger partial charge in [0, 0.05) is 18.4 Å². The lowest BCUT2D eigenvalue weighted by atomic mass is 10.0. The molecular formula is C13H25N3. The summed E-state index contributed by atoms with van der Waals surface area (Å²) >= 11 is 0. The van der Waals surface area contributed by atoms with Crippen LogP contribution in [-0.2, 0) is 0 Å². The minimum Gasteiger partial charge on any atom is -0.332 e. The summed E-state index contributed by atoms with van der Waals surface area (Å²) in [7, 11) is 0. The molecule has 0 spiro atoms. The molecule has 1 aromatic rings. The van der Waals surface area contributed by atoms with Gasteiger partial charge in [0.2, 0.25) is 0 Å². The van der Waals surface area contributed by atoms with Gasteiger partial charge in [-0.3, -0.25) is 0 Å². The molecule has 1 N–H and O–H groups in total. The van der Waals surface area contributed by atoms with Gasteiger partial charge >= 0.3 is 0 Å². The standard InChI is InChI=1S/C13H25N3/c1-10(2)8-14-9-11(3)12(4)16-7-6-15-13(16)5/h6-7,10-12,14H,8-9H2,1-5H3. The van der Waals surface area contributed by atoms with Gasteiger partial charge in [-0.15, -0.1) is 0 Å². The smallest absolute Gasteiger partial charge is 0.105 e. The minimum absolute atomic E-state index is 0.502. The molecule has 0 aliphatic rings. The van der Waals surface area contributed by atoms with E-state index in [1.54, 1.807) is 0 Å². The summed E-state index contributed by atoms with van der Waals surface area (Å²) in [4.78, 5) is 4.27. The van der Waals surface area contributed by atoms with Crippen molar-refractivity contribution in [1.29, 1.82) is 0 Å². The summed E-state index contributed by atoms with van der Waals surface area (Å²) < 4.78 is 2.25. The van der Waals surface area contributed by atoms with Crippen LogP contribution in [0.3, 0.4) is 0 Å². The summed E-state index contributed by atoms with van der Waals surface area (Å²) in [5.41, 5.74) is 0. The number of hydrogen-bond acceptors (Lipinski definition) is 2.